The van der Waals surface area contributed by atoms with Gasteiger partial charge in [0.15, 0.2) is 0 Å². The minimum atomic E-state index is -0.142. The Morgan fingerprint density at radius 3 is 2.62 bits per heavy atom. The molecule has 3 heteroatoms. The van der Waals surface area contributed by atoms with Gasteiger partial charge in [0.25, 0.3) is 0 Å². The van der Waals surface area contributed by atoms with Gasteiger partial charge in [0, 0.05) is 12.6 Å². The van der Waals surface area contributed by atoms with Crippen LogP contribution in [-0.2, 0) is 4.79 Å². The van der Waals surface area contributed by atoms with E-state index in [1.165, 1.54) is 0 Å². The van der Waals surface area contributed by atoms with E-state index < -0.39 is 0 Å². The van der Waals surface area contributed by atoms with Crippen molar-refractivity contribution >= 4 is 5.91 Å². The molecule has 0 aromatic heterocycles. The molecule has 1 aliphatic heterocycles. The van der Waals surface area contributed by atoms with Crippen LogP contribution in [0.15, 0.2) is 0 Å². The molecular formula is C13H24N2O. The molecule has 0 spiro atoms. The second kappa shape index (κ2) is 4.02. The van der Waals surface area contributed by atoms with E-state index >= 15 is 0 Å². The standard InChI is InChI=1S/C13H24N2O/c1-4-13(6-5-7-14-9-13)11(16)15-10-8-12(10,2)3/h10,14H,4-9H2,1-3H3,(H,15,16). The second-order valence-corrected chi connectivity index (χ2v) is 6.13. The van der Waals surface area contributed by atoms with Crippen LogP contribution in [-0.4, -0.2) is 25.0 Å². The Labute approximate surface area is 98.4 Å². The Morgan fingerprint density at radius 1 is 1.50 bits per heavy atom. The zero-order chi connectivity index (χ0) is 11.8. The average Bonchev–Trinajstić information content (AvgIpc) is 2.87. The predicted octanol–water partition coefficient (Wildman–Crippen LogP) is 1.68. The van der Waals surface area contributed by atoms with Crippen molar-refractivity contribution in [2.45, 2.75) is 52.5 Å². The highest BCUT2D eigenvalue weighted by molar-refractivity contribution is 5.83. The third-order valence-corrected chi connectivity index (χ3v) is 4.45. The van der Waals surface area contributed by atoms with Gasteiger partial charge in [0.2, 0.25) is 5.91 Å². The first-order chi connectivity index (χ1) is 7.50. The first-order valence-corrected chi connectivity index (χ1v) is 6.52. The maximum atomic E-state index is 12.3. The third kappa shape index (κ3) is 2.10. The van der Waals surface area contributed by atoms with Crippen LogP contribution in [0.4, 0.5) is 0 Å². The van der Waals surface area contributed by atoms with Crippen molar-refractivity contribution < 1.29 is 4.79 Å². The molecule has 1 amide bonds. The second-order valence-electron chi connectivity index (χ2n) is 6.13. The number of nitrogens with one attached hydrogen (secondary N) is 2. The maximum absolute atomic E-state index is 12.3. The van der Waals surface area contributed by atoms with Crippen LogP contribution in [0.25, 0.3) is 0 Å². The molecule has 3 nitrogen and oxygen atoms in total. The minimum Gasteiger partial charge on any atom is -0.352 e. The van der Waals surface area contributed by atoms with Crippen molar-refractivity contribution in [3.8, 4) is 0 Å². The highest BCUT2D eigenvalue weighted by atomic mass is 16.2. The Morgan fingerprint density at radius 2 is 2.19 bits per heavy atom. The lowest BCUT2D eigenvalue weighted by atomic mass is 9.77. The van der Waals surface area contributed by atoms with Crippen LogP contribution in [0.3, 0.4) is 0 Å². The zero-order valence-electron chi connectivity index (χ0n) is 10.7. The van der Waals surface area contributed by atoms with Gasteiger partial charge in [0.05, 0.1) is 5.41 Å². The van der Waals surface area contributed by atoms with E-state index in [0.717, 1.165) is 38.8 Å². The van der Waals surface area contributed by atoms with Gasteiger partial charge in [-0.1, -0.05) is 20.8 Å². The smallest absolute Gasteiger partial charge is 0.227 e. The molecule has 2 fully saturated rings. The van der Waals surface area contributed by atoms with Gasteiger partial charge >= 0.3 is 0 Å². The van der Waals surface area contributed by atoms with Crippen molar-refractivity contribution in [2.24, 2.45) is 10.8 Å². The van der Waals surface area contributed by atoms with Crippen LogP contribution < -0.4 is 10.6 Å². The first-order valence-electron chi connectivity index (χ1n) is 6.52. The molecule has 2 N–H and O–H groups in total. The summed E-state index contributed by atoms with van der Waals surface area (Å²) in [5.41, 5.74) is 0.184. The highest BCUT2D eigenvalue weighted by Crippen LogP contribution is 2.45. The Bertz CT molecular complexity index is 280. The number of hydrogen-bond donors (Lipinski definition) is 2. The summed E-state index contributed by atoms with van der Waals surface area (Å²) in [6, 6.07) is 0.408. The molecule has 2 rings (SSSR count). The van der Waals surface area contributed by atoms with Gasteiger partial charge in [0.1, 0.15) is 0 Å². The fourth-order valence-corrected chi connectivity index (χ4v) is 2.65. The summed E-state index contributed by atoms with van der Waals surface area (Å²) in [6.45, 7) is 8.47. The number of carbonyl (C=O) groups excluding carboxylic acids is 1. The van der Waals surface area contributed by atoms with Crippen LogP contribution in [0.5, 0.6) is 0 Å². The monoisotopic (exact) mass is 224 g/mol. The van der Waals surface area contributed by atoms with Gasteiger partial charge in [-0.2, -0.15) is 0 Å². The molecule has 2 unspecified atom stereocenters. The maximum Gasteiger partial charge on any atom is 0.227 e. The van der Waals surface area contributed by atoms with E-state index in [4.69, 9.17) is 0 Å². The number of piperidine rings is 1. The summed E-state index contributed by atoms with van der Waals surface area (Å²) in [7, 11) is 0. The van der Waals surface area contributed by atoms with Crippen molar-refractivity contribution in [3.63, 3.8) is 0 Å². The van der Waals surface area contributed by atoms with E-state index in [1.807, 2.05) is 0 Å². The normalized spacial score (nSPS) is 36.8. The number of rotatable bonds is 3. The summed E-state index contributed by atoms with van der Waals surface area (Å²) in [5, 5.41) is 6.59. The SMILES string of the molecule is CCC1(C(=O)NC2CC2(C)C)CCCNC1. The number of amides is 1. The lowest BCUT2D eigenvalue weighted by Crippen LogP contribution is -2.51. The molecule has 0 radical (unpaired) electrons. The summed E-state index contributed by atoms with van der Waals surface area (Å²) in [6.07, 6.45) is 4.23. The molecule has 16 heavy (non-hydrogen) atoms. The summed E-state index contributed by atoms with van der Waals surface area (Å²) < 4.78 is 0. The first kappa shape index (κ1) is 11.9. The van der Waals surface area contributed by atoms with Crippen LogP contribution >= 0.6 is 0 Å². The summed E-state index contributed by atoms with van der Waals surface area (Å²) >= 11 is 0. The topological polar surface area (TPSA) is 41.1 Å². The van der Waals surface area contributed by atoms with Crippen molar-refractivity contribution in [2.75, 3.05) is 13.1 Å². The van der Waals surface area contributed by atoms with Crippen LogP contribution in [0.1, 0.15) is 46.5 Å². The van der Waals surface area contributed by atoms with Gasteiger partial charge in [-0.05, 0) is 37.6 Å². The van der Waals surface area contributed by atoms with Gasteiger partial charge in [-0.25, -0.2) is 0 Å². The number of hydrogen-bond acceptors (Lipinski definition) is 2. The lowest BCUT2D eigenvalue weighted by Gasteiger charge is -2.35. The van der Waals surface area contributed by atoms with Crippen molar-refractivity contribution in [1.29, 1.82) is 0 Å². The van der Waals surface area contributed by atoms with Crippen LogP contribution in [0.2, 0.25) is 0 Å². The van der Waals surface area contributed by atoms with E-state index in [1.54, 1.807) is 0 Å². The molecule has 1 saturated carbocycles. The Balaban J connectivity index is 1.96. The Hall–Kier alpha value is -0.570. The highest BCUT2D eigenvalue weighted by Gasteiger charge is 2.49. The van der Waals surface area contributed by atoms with Gasteiger partial charge in [-0.3, -0.25) is 4.79 Å². The average molecular weight is 224 g/mol. The fourth-order valence-electron chi connectivity index (χ4n) is 2.65. The molecule has 0 aromatic carbocycles. The molecule has 0 bridgehead atoms. The molecule has 2 atom stereocenters. The minimum absolute atomic E-state index is 0.142. The van der Waals surface area contributed by atoms with Crippen LogP contribution in [0, 0.1) is 10.8 Å². The van der Waals surface area contributed by atoms with Gasteiger partial charge in [-0.15, -0.1) is 0 Å². The fraction of sp³-hybridized carbons (Fsp3) is 0.923. The summed E-state index contributed by atoms with van der Waals surface area (Å²) in [4.78, 5) is 12.3. The molecule has 1 heterocycles. The Kier molecular flexibility index (Phi) is 2.99. The van der Waals surface area contributed by atoms with Gasteiger partial charge < -0.3 is 10.6 Å². The predicted molar refractivity (Wildman–Crippen MR) is 65.2 cm³/mol. The lowest BCUT2D eigenvalue weighted by molar-refractivity contribution is -0.132. The van der Waals surface area contributed by atoms with E-state index in [0.29, 0.717) is 11.5 Å². The molecule has 1 saturated heterocycles. The molecule has 92 valence electrons. The number of carbonyl (C=O) groups is 1. The largest absolute Gasteiger partial charge is 0.352 e. The van der Waals surface area contributed by atoms with E-state index in [2.05, 4.69) is 31.4 Å². The van der Waals surface area contributed by atoms with Crippen molar-refractivity contribution in [3.05, 3.63) is 0 Å². The molecule has 0 aromatic rings. The molecular weight excluding hydrogens is 200 g/mol. The summed E-state index contributed by atoms with van der Waals surface area (Å²) in [5.74, 6) is 0.276. The van der Waals surface area contributed by atoms with E-state index in [9.17, 15) is 4.79 Å². The molecule has 1 aliphatic carbocycles. The molecule has 2 aliphatic rings. The quantitative estimate of drug-likeness (QED) is 0.766. The van der Waals surface area contributed by atoms with Crippen molar-refractivity contribution in [1.82, 2.24) is 10.6 Å². The van der Waals surface area contributed by atoms with E-state index in [-0.39, 0.29) is 11.3 Å². The third-order valence-electron chi connectivity index (χ3n) is 4.45. The zero-order valence-corrected chi connectivity index (χ0v) is 10.7.